The molecule has 0 spiro atoms. The Hall–Kier alpha value is -1.92. The molecule has 1 heterocycles. The molecule has 22 heavy (non-hydrogen) atoms. The maximum atomic E-state index is 5.03. The Labute approximate surface area is 135 Å². The van der Waals surface area contributed by atoms with E-state index in [0.717, 1.165) is 35.3 Å². The average Bonchev–Trinajstić information content (AvgIpc) is 3.03. The number of aliphatic imine (C=N–C) groups is 1. The molecule has 5 nitrogen and oxygen atoms in total. The van der Waals surface area contributed by atoms with Crippen molar-refractivity contribution < 1.29 is 4.74 Å². The molecule has 0 bridgehead atoms. The van der Waals surface area contributed by atoms with Crippen molar-refractivity contribution in [3.63, 3.8) is 0 Å². The zero-order chi connectivity index (χ0) is 15.6. The highest BCUT2D eigenvalue weighted by atomic mass is 32.1. The summed E-state index contributed by atoms with van der Waals surface area (Å²) in [6.45, 7) is 4.82. The van der Waals surface area contributed by atoms with E-state index in [1.165, 1.54) is 0 Å². The van der Waals surface area contributed by atoms with Crippen LogP contribution in [-0.2, 0) is 11.3 Å². The van der Waals surface area contributed by atoms with E-state index < -0.39 is 0 Å². The molecule has 1 aromatic carbocycles. The summed E-state index contributed by atoms with van der Waals surface area (Å²) in [5.41, 5.74) is 2.15. The van der Waals surface area contributed by atoms with E-state index in [9.17, 15) is 0 Å². The lowest BCUT2D eigenvalue weighted by Gasteiger charge is -2.10. The number of guanidine groups is 1. The van der Waals surface area contributed by atoms with Gasteiger partial charge in [0.1, 0.15) is 5.01 Å². The second kappa shape index (κ2) is 9.17. The molecule has 0 radical (unpaired) electrons. The second-order valence-corrected chi connectivity index (χ2v) is 5.55. The molecular formula is C16H22N4OS. The Morgan fingerprint density at radius 1 is 1.27 bits per heavy atom. The van der Waals surface area contributed by atoms with Crippen LogP contribution in [0.4, 0.5) is 0 Å². The maximum absolute atomic E-state index is 5.03. The number of hydrogen-bond acceptors (Lipinski definition) is 4. The first-order valence-corrected chi connectivity index (χ1v) is 8.22. The van der Waals surface area contributed by atoms with Gasteiger partial charge in [0.25, 0.3) is 0 Å². The Balaban J connectivity index is 1.97. The van der Waals surface area contributed by atoms with Crippen molar-refractivity contribution in [2.75, 3.05) is 26.8 Å². The molecule has 0 unspecified atom stereocenters. The van der Waals surface area contributed by atoms with Crippen molar-refractivity contribution in [2.24, 2.45) is 4.99 Å². The van der Waals surface area contributed by atoms with Gasteiger partial charge in [0.15, 0.2) is 5.96 Å². The fourth-order valence-electron chi connectivity index (χ4n) is 1.88. The van der Waals surface area contributed by atoms with Gasteiger partial charge < -0.3 is 15.4 Å². The van der Waals surface area contributed by atoms with Crippen molar-refractivity contribution in [1.29, 1.82) is 0 Å². The largest absolute Gasteiger partial charge is 0.383 e. The van der Waals surface area contributed by atoms with Gasteiger partial charge in [-0.2, -0.15) is 0 Å². The van der Waals surface area contributed by atoms with Crippen LogP contribution in [0.5, 0.6) is 0 Å². The molecule has 0 aliphatic carbocycles. The number of benzene rings is 1. The van der Waals surface area contributed by atoms with Gasteiger partial charge in [-0.15, -0.1) is 11.3 Å². The van der Waals surface area contributed by atoms with Gasteiger partial charge in [0, 0.05) is 31.1 Å². The number of nitrogens with one attached hydrogen (secondary N) is 2. The van der Waals surface area contributed by atoms with Gasteiger partial charge in [-0.05, 0) is 6.92 Å². The first-order chi connectivity index (χ1) is 10.8. The number of aromatic nitrogens is 1. The number of thiazole rings is 1. The molecule has 0 aliphatic rings. The van der Waals surface area contributed by atoms with Crippen LogP contribution in [-0.4, -0.2) is 37.7 Å². The number of hydrogen-bond donors (Lipinski definition) is 2. The van der Waals surface area contributed by atoms with Crippen LogP contribution in [0.3, 0.4) is 0 Å². The van der Waals surface area contributed by atoms with Crippen LogP contribution >= 0.6 is 11.3 Å². The summed E-state index contributed by atoms with van der Waals surface area (Å²) in [5.74, 6) is 0.788. The van der Waals surface area contributed by atoms with Crippen LogP contribution in [0.15, 0.2) is 40.7 Å². The number of rotatable bonds is 7. The molecule has 1 aromatic heterocycles. The standard InChI is InChI=1S/C16H22N4OS/c1-3-17-16(18-9-10-21-2)19-11-15-20-14(12-22-15)13-7-5-4-6-8-13/h4-8,12H,3,9-11H2,1-2H3,(H2,17,18,19). The van der Waals surface area contributed by atoms with Gasteiger partial charge >= 0.3 is 0 Å². The molecule has 2 aromatic rings. The van der Waals surface area contributed by atoms with Crippen molar-refractivity contribution in [1.82, 2.24) is 15.6 Å². The summed E-state index contributed by atoms with van der Waals surface area (Å²) in [6.07, 6.45) is 0. The molecule has 0 fully saturated rings. The molecule has 0 saturated heterocycles. The number of ether oxygens (including phenoxy) is 1. The molecule has 2 rings (SSSR count). The van der Waals surface area contributed by atoms with Crippen LogP contribution in [0.2, 0.25) is 0 Å². The quantitative estimate of drug-likeness (QED) is 0.468. The molecule has 0 saturated carbocycles. The number of methoxy groups -OCH3 is 1. The summed E-state index contributed by atoms with van der Waals surface area (Å²) < 4.78 is 5.03. The topological polar surface area (TPSA) is 58.5 Å². The zero-order valence-corrected chi connectivity index (χ0v) is 13.8. The van der Waals surface area contributed by atoms with E-state index in [4.69, 9.17) is 4.74 Å². The minimum atomic E-state index is 0.569. The minimum Gasteiger partial charge on any atom is -0.383 e. The second-order valence-electron chi connectivity index (χ2n) is 4.61. The normalized spacial score (nSPS) is 11.5. The minimum absolute atomic E-state index is 0.569. The average molecular weight is 318 g/mol. The van der Waals surface area contributed by atoms with Gasteiger partial charge in [-0.3, -0.25) is 0 Å². The molecule has 0 aliphatic heterocycles. The van der Waals surface area contributed by atoms with Gasteiger partial charge in [-0.1, -0.05) is 30.3 Å². The third kappa shape index (κ3) is 5.13. The lowest BCUT2D eigenvalue weighted by molar-refractivity contribution is 0.203. The number of nitrogens with zero attached hydrogens (tertiary/aromatic N) is 2. The van der Waals surface area contributed by atoms with Crippen LogP contribution < -0.4 is 10.6 Å². The zero-order valence-electron chi connectivity index (χ0n) is 13.0. The predicted octanol–water partition coefficient (Wildman–Crippen LogP) is 2.51. The van der Waals surface area contributed by atoms with E-state index in [2.05, 4.69) is 38.1 Å². The van der Waals surface area contributed by atoms with E-state index >= 15 is 0 Å². The van der Waals surface area contributed by atoms with Crippen molar-refractivity contribution in [2.45, 2.75) is 13.5 Å². The Kier molecular flexibility index (Phi) is 6.86. The highest BCUT2D eigenvalue weighted by Crippen LogP contribution is 2.21. The third-order valence-corrected chi connectivity index (χ3v) is 3.77. The third-order valence-electron chi connectivity index (χ3n) is 2.94. The summed E-state index contributed by atoms with van der Waals surface area (Å²) in [5, 5.41) is 9.51. The fraction of sp³-hybridized carbons (Fsp3) is 0.375. The van der Waals surface area contributed by atoms with E-state index in [0.29, 0.717) is 13.2 Å². The highest BCUT2D eigenvalue weighted by molar-refractivity contribution is 7.09. The van der Waals surface area contributed by atoms with Gasteiger partial charge in [0.05, 0.1) is 18.8 Å². The summed E-state index contributed by atoms with van der Waals surface area (Å²) in [6, 6.07) is 10.2. The Bertz CT molecular complexity index is 583. The van der Waals surface area contributed by atoms with E-state index in [1.54, 1.807) is 18.4 Å². The van der Waals surface area contributed by atoms with E-state index in [-0.39, 0.29) is 0 Å². The summed E-state index contributed by atoms with van der Waals surface area (Å²) in [4.78, 5) is 9.19. The van der Waals surface area contributed by atoms with Gasteiger partial charge in [-0.25, -0.2) is 9.98 Å². The van der Waals surface area contributed by atoms with Crippen molar-refractivity contribution in [3.8, 4) is 11.3 Å². The Morgan fingerprint density at radius 2 is 2.09 bits per heavy atom. The molecule has 0 amide bonds. The first-order valence-electron chi connectivity index (χ1n) is 7.34. The van der Waals surface area contributed by atoms with Gasteiger partial charge in [0.2, 0.25) is 0 Å². The summed E-state index contributed by atoms with van der Waals surface area (Å²) >= 11 is 1.63. The van der Waals surface area contributed by atoms with Crippen LogP contribution in [0.25, 0.3) is 11.3 Å². The smallest absolute Gasteiger partial charge is 0.191 e. The maximum Gasteiger partial charge on any atom is 0.191 e. The molecule has 2 N–H and O–H groups in total. The fourth-order valence-corrected chi connectivity index (χ4v) is 2.61. The monoisotopic (exact) mass is 318 g/mol. The van der Waals surface area contributed by atoms with E-state index in [1.807, 2.05) is 25.1 Å². The molecule has 0 atom stereocenters. The molecule has 118 valence electrons. The van der Waals surface area contributed by atoms with Crippen LogP contribution in [0.1, 0.15) is 11.9 Å². The lowest BCUT2D eigenvalue weighted by Crippen LogP contribution is -2.38. The molecular weight excluding hydrogens is 296 g/mol. The predicted molar refractivity (Wildman–Crippen MR) is 92.2 cm³/mol. The highest BCUT2D eigenvalue weighted by Gasteiger charge is 2.04. The summed E-state index contributed by atoms with van der Waals surface area (Å²) in [7, 11) is 1.69. The van der Waals surface area contributed by atoms with Crippen LogP contribution in [0, 0.1) is 0 Å². The Morgan fingerprint density at radius 3 is 2.82 bits per heavy atom. The first kappa shape index (κ1) is 16.5. The van der Waals surface area contributed by atoms with Crippen molar-refractivity contribution in [3.05, 3.63) is 40.7 Å². The van der Waals surface area contributed by atoms with Crippen molar-refractivity contribution >= 4 is 17.3 Å². The lowest BCUT2D eigenvalue weighted by atomic mass is 10.2. The SMILES string of the molecule is CCNC(=NCc1nc(-c2ccccc2)cs1)NCCOC. The molecule has 6 heteroatoms.